The minimum Gasteiger partial charge on any atom is -0.301 e. The van der Waals surface area contributed by atoms with Gasteiger partial charge in [0.1, 0.15) is 11.1 Å². The first kappa shape index (κ1) is 17.4. The van der Waals surface area contributed by atoms with Gasteiger partial charge in [0.05, 0.1) is 22.5 Å². The summed E-state index contributed by atoms with van der Waals surface area (Å²) in [5.74, 6) is 0.0154. The summed E-state index contributed by atoms with van der Waals surface area (Å²) in [4.78, 5) is 20.9. The van der Waals surface area contributed by atoms with E-state index in [-0.39, 0.29) is 11.7 Å². The Bertz CT molecular complexity index is 1000. The number of nitriles is 1. The molecule has 1 aromatic carbocycles. The number of rotatable bonds is 4. The van der Waals surface area contributed by atoms with Crippen LogP contribution < -0.4 is 5.32 Å². The predicted molar refractivity (Wildman–Crippen MR) is 102 cm³/mol. The highest BCUT2D eigenvalue weighted by molar-refractivity contribution is 8.00. The van der Waals surface area contributed by atoms with Gasteiger partial charge in [-0.3, -0.25) is 4.79 Å². The molecule has 0 radical (unpaired) electrons. The number of amides is 1. The lowest BCUT2D eigenvalue weighted by Gasteiger charge is -2.08. The number of aryl methyl sites for hydroxylation is 3. The molecular formula is C18H16N4OS2. The van der Waals surface area contributed by atoms with Crippen molar-refractivity contribution in [2.24, 2.45) is 0 Å². The highest BCUT2D eigenvalue weighted by atomic mass is 32.2. The van der Waals surface area contributed by atoms with Crippen molar-refractivity contribution >= 4 is 45.0 Å². The Kier molecular flexibility index (Phi) is 5.02. The van der Waals surface area contributed by atoms with Gasteiger partial charge >= 0.3 is 0 Å². The number of nitrogens with zero attached hydrogens (tertiary/aromatic N) is 3. The van der Waals surface area contributed by atoms with E-state index in [0.29, 0.717) is 15.7 Å². The third kappa shape index (κ3) is 3.98. The highest BCUT2D eigenvalue weighted by Gasteiger charge is 2.12. The fraction of sp³-hybridized carbons (Fsp3) is 0.222. The van der Waals surface area contributed by atoms with Crippen LogP contribution in [-0.4, -0.2) is 21.6 Å². The number of aromatic nitrogens is 2. The Hall–Kier alpha value is -2.43. The van der Waals surface area contributed by atoms with Gasteiger partial charge in [-0.1, -0.05) is 11.8 Å². The van der Waals surface area contributed by atoms with Crippen LogP contribution >= 0.6 is 23.1 Å². The van der Waals surface area contributed by atoms with Crippen molar-refractivity contribution in [3.63, 3.8) is 0 Å². The lowest BCUT2D eigenvalue weighted by atomic mass is 10.1. The molecule has 2 heterocycles. The molecule has 7 heteroatoms. The second-order valence-electron chi connectivity index (χ2n) is 5.71. The lowest BCUT2D eigenvalue weighted by Crippen LogP contribution is -2.14. The Labute approximate surface area is 154 Å². The minimum atomic E-state index is -0.162. The van der Waals surface area contributed by atoms with Crippen LogP contribution in [0.2, 0.25) is 0 Å². The Balaban J connectivity index is 1.79. The SMILES string of the molecule is Cc1csc(NC(=O)CSc2nc3cc(C)c(C)cc3cc2C#N)n1. The van der Waals surface area contributed by atoms with Gasteiger partial charge in [-0.15, -0.1) is 11.3 Å². The fourth-order valence-electron chi connectivity index (χ4n) is 2.31. The van der Waals surface area contributed by atoms with Crippen molar-refractivity contribution in [2.75, 3.05) is 11.1 Å². The van der Waals surface area contributed by atoms with Gasteiger partial charge in [0.25, 0.3) is 0 Å². The summed E-state index contributed by atoms with van der Waals surface area (Å²) in [5, 5.41) is 16.1. The molecule has 0 unspecified atom stereocenters. The summed E-state index contributed by atoms with van der Waals surface area (Å²) in [6, 6.07) is 8.05. The van der Waals surface area contributed by atoms with E-state index in [2.05, 4.69) is 21.4 Å². The zero-order valence-corrected chi connectivity index (χ0v) is 15.7. The van der Waals surface area contributed by atoms with Gasteiger partial charge in [-0.25, -0.2) is 9.97 Å². The maximum Gasteiger partial charge on any atom is 0.236 e. The number of thioether (sulfide) groups is 1. The van der Waals surface area contributed by atoms with Crippen LogP contribution in [0.3, 0.4) is 0 Å². The first-order valence-electron chi connectivity index (χ1n) is 7.63. The number of pyridine rings is 1. The predicted octanol–water partition coefficient (Wildman–Crippen LogP) is 4.22. The number of hydrogen-bond donors (Lipinski definition) is 1. The van der Waals surface area contributed by atoms with Crippen LogP contribution in [0.4, 0.5) is 5.13 Å². The second-order valence-corrected chi connectivity index (χ2v) is 7.54. The smallest absolute Gasteiger partial charge is 0.236 e. The number of benzene rings is 1. The molecule has 3 rings (SSSR count). The third-order valence-corrected chi connectivity index (χ3v) is 5.59. The zero-order valence-electron chi connectivity index (χ0n) is 14.1. The molecule has 0 fully saturated rings. The molecule has 3 aromatic rings. The molecule has 0 bridgehead atoms. The molecule has 0 atom stereocenters. The van der Waals surface area contributed by atoms with Crippen molar-refractivity contribution in [1.29, 1.82) is 5.26 Å². The minimum absolute atomic E-state index is 0.162. The van der Waals surface area contributed by atoms with Gasteiger partial charge in [-0.2, -0.15) is 5.26 Å². The maximum atomic E-state index is 12.1. The van der Waals surface area contributed by atoms with Crippen LogP contribution in [0.15, 0.2) is 28.6 Å². The molecule has 5 nitrogen and oxygen atoms in total. The van der Waals surface area contributed by atoms with E-state index in [0.717, 1.165) is 27.7 Å². The molecule has 0 spiro atoms. The third-order valence-electron chi connectivity index (χ3n) is 3.72. The molecule has 2 aromatic heterocycles. The first-order valence-corrected chi connectivity index (χ1v) is 9.49. The maximum absolute atomic E-state index is 12.1. The Morgan fingerprint density at radius 2 is 2.00 bits per heavy atom. The molecule has 1 N–H and O–H groups in total. The average molecular weight is 368 g/mol. The lowest BCUT2D eigenvalue weighted by molar-refractivity contribution is -0.113. The number of thiazole rings is 1. The molecule has 0 saturated heterocycles. The molecule has 1 amide bonds. The van der Waals surface area contributed by atoms with Crippen molar-refractivity contribution in [2.45, 2.75) is 25.8 Å². The highest BCUT2D eigenvalue weighted by Crippen LogP contribution is 2.26. The summed E-state index contributed by atoms with van der Waals surface area (Å²) in [6.07, 6.45) is 0. The van der Waals surface area contributed by atoms with Crippen molar-refractivity contribution in [3.05, 3.63) is 46.0 Å². The van der Waals surface area contributed by atoms with E-state index in [1.165, 1.54) is 23.1 Å². The molecule has 126 valence electrons. The van der Waals surface area contributed by atoms with Gasteiger partial charge in [-0.05, 0) is 50.1 Å². The summed E-state index contributed by atoms with van der Waals surface area (Å²) in [7, 11) is 0. The number of nitrogens with one attached hydrogen (secondary N) is 1. The van der Waals surface area contributed by atoms with Crippen LogP contribution in [0.25, 0.3) is 10.9 Å². The second kappa shape index (κ2) is 7.21. The van der Waals surface area contributed by atoms with Gasteiger partial charge in [0.15, 0.2) is 5.13 Å². The number of carbonyl (C=O) groups is 1. The molecular weight excluding hydrogens is 352 g/mol. The van der Waals surface area contributed by atoms with E-state index in [4.69, 9.17) is 0 Å². The van der Waals surface area contributed by atoms with Crippen LogP contribution in [0.5, 0.6) is 0 Å². The molecule has 0 aliphatic rings. The van der Waals surface area contributed by atoms with Crippen LogP contribution in [0, 0.1) is 32.1 Å². The van der Waals surface area contributed by atoms with Gasteiger partial charge in [0.2, 0.25) is 5.91 Å². The normalized spacial score (nSPS) is 10.6. The largest absolute Gasteiger partial charge is 0.301 e. The Morgan fingerprint density at radius 1 is 1.24 bits per heavy atom. The van der Waals surface area contributed by atoms with Gasteiger partial charge in [0, 0.05) is 10.8 Å². The monoisotopic (exact) mass is 368 g/mol. The fourth-order valence-corrected chi connectivity index (χ4v) is 3.78. The Morgan fingerprint density at radius 3 is 2.68 bits per heavy atom. The topological polar surface area (TPSA) is 78.7 Å². The quantitative estimate of drug-likeness (QED) is 0.698. The number of fused-ring (bicyclic) bond motifs is 1. The van der Waals surface area contributed by atoms with E-state index in [9.17, 15) is 10.1 Å². The van der Waals surface area contributed by atoms with Crippen molar-refractivity contribution in [1.82, 2.24) is 9.97 Å². The number of hydrogen-bond acceptors (Lipinski definition) is 6. The van der Waals surface area contributed by atoms with Gasteiger partial charge < -0.3 is 5.32 Å². The summed E-state index contributed by atoms with van der Waals surface area (Å²) in [6.45, 7) is 5.95. The summed E-state index contributed by atoms with van der Waals surface area (Å²) in [5.41, 5.74) is 4.51. The average Bonchev–Trinajstić information content (AvgIpc) is 2.98. The summed E-state index contributed by atoms with van der Waals surface area (Å²) < 4.78 is 0. The van der Waals surface area contributed by atoms with E-state index in [1.807, 2.05) is 44.4 Å². The van der Waals surface area contributed by atoms with Crippen LogP contribution in [-0.2, 0) is 4.79 Å². The number of carbonyl (C=O) groups excluding carboxylic acids is 1. The molecule has 0 aliphatic carbocycles. The van der Waals surface area contributed by atoms with Crippen LogP contribution in [0.1, 0.15) is 22.4 Å². The standard InChI is InChI=1S/C18H16N4OS2/c1-10-4-13-6-14(7-19)17(21-15(13)5-11(10)2)24-9-16(23)22-18-20-12(3)8-25-18/h4-6,8H,9H2,1-3H3,(H,20,22,23). The van der Waals surface area contributed by atoms with Crippen molar-refractivity contribution in [3.8, 4) is 6.07 Å². The van der Waals surface area contributed by atoms with Crippen molar-refractivity contribution < 1.29 is 4.79 Å². The van der Waals surface area contributed by atoms with E-state index < -0.39 is 0 Å². The first-order chi connectivity index (χ1) is 12.0. The zero-order chi connectivity index (χ0) is 18.0. The summed E-state index contributed by atoms with van der Waals surface area (Å²) >= 11 is 2.65. The van der Waals surface area contributed by atoms with E-state index >= 15 is 0 Å². The van der Waals surface area contributed by atoms with E-state index in [1.54, 1.807) is 0 Å². The molecule has 0 aliphatic heterocycles. The molecule has 0 saturated carbocycles. The molecule has 25 heavy (non-hydrogen) atoms. The number of anilines is 1.